The van der Waals surface area contributed by atoms with Crippen molar-refractivity contribution in [2.45, 2.75) is 20.8 Å². The standard InChI is InChI=1S/2C11H15NO2S.C4H8N2O2/c2*1-4-12-11(15)9-7-8(13-2)5-6-10(9)14-3;1-2(3(5)7)4(6)8/h2*5-7H,4H2,1-3H3,(H,12,15);2H,1H3,(H2,5,7)(H2,6,8). The quantitative estimate of drug-likeness (QED) is 0.250. The van der Waals surface area contributed by atoms with Crippen molar-refractivity contribution in [2.75, 3.05) is 41.5 Å². The van der Waals surface area contributed by atoms with Gasteiger partial charge in [-0.25, -0.2) is 0 Å². The number of carbonyl (C=O) groups excluding carboxylic acids is 2. The third-order valence-corrected chi connectivity index (χ3v) is 5.56. The van der Waals surface area contributed by atoms with E-state index >= 15 is 0 Å². The topological polar surface area (TPSA) is 147 Å². The molecular weight excluding hydrogens is 528 g/mol. The maximum absolute atomic E-state index is 10.1. The Morgan fingerprint density at radius 2 is 1.08 bits per heavy atom. The van der Waals surface area contributed by atoms with Gasteiger partial charge in [0.15, 0.2) is 0 Å². The summed E-state index contributed by atoms with van der Waals surface area (Å²) in [6, 6.07) is 11.1. The van der Waals surface area contributed by atoms with Gasteiger partial charge in [0.05, 0.1) is 39.6 Å². The van der Waals surface area contributed by atoms with Crippen molar-refractivity contribution in [3.8, 4) is 23.0 Å². The third kappa shape index (κ3) is 11.6. The van der Waals surface area contributed by atoms with Gasteiger partial charge < -0.3 is 41.0 Å². The van der Waals surface area contributed by atoms with E-state index in [4.69, 9.17) is 54.9 Å². The Balaban J connectivity index is 0.000000569. The van der Waals surface area contributed by atoms with E-state index in [1.807, 2.05) is 50.2 Å². The molecule has 12 heteroatoms. The summed E-state index contributed by atoms with van der Waals surface area (Å²) in [7, 11) is 6.50. The number of benzene rings is 2. The first-order valence-electron chi connectivity index (χ1n) is 11.6. The Morgan fingerprint density at radius 3 is 1.29 bits per heavy atom. The minimum atomic E-state index is -0.852. The van der Waals surface area contributed by atoms with Crippen LogP contribution in [-0.2, 0) is 9.59 Å². The minimum absolute atomic E-state index is 0.674. The lowest BCUT2D eigenvalue weighted by molar-refractivity contribution is -0.130. The summed E-state index contributed by atoms with van der Waals surface area (Å²) in [5, 5.41) is 6.17. The van der Waals surface area contributed by atoms with E-state index < -0.39 is 17.7 Å². The molecule has 0 aliphatic heterocycles. The largest absolute Gasteiger partial charge is 0.497 e. The fourth-order valence-electron chi connectivity index (χ4n) is 2.63. The molecule has 0 fully saturated rings. The van der Waals surface area contributed by atoms with E-state index in [-0.39, 0.29) is 0 Å². The lowest BCUT2D eigenvalue weighted by Crippen LogP contribution is -2.32. The van der Waals surface area contributed by atoms with Crippen molar-refractivity contribution >= 4 is 46.2 Å². The van der Waals surface area contributed by atoms with Crippen LogP contribution < -0.4 is 41.0 Å². The van der Waals surface area contributed by atoms with E-state index in [2.05, 4.69) is 10.6 Å². The van der Waals surface area contributed by atoms with Crippen LogP contribution >= 0.6 is 24.4 Å². The van der Waals surface area contributed by atoms with Crippen LogP contribution in [0.1, 0.15) is 31.9 Å². The monoisotopic (exact) mass is 566 g/mol. The van der Waals surface area contributed by atoms with Crippen LogP contribution in [0.15, 0.2) is 36.4 Å². The molecule has 0 atom stereocenters. The molecule has 6 N–H and O–H groups in total. The molecule has 0 unspecified atom stereocenters. The lowest BCUT2D eigenvalue weighted by Gasteiger charge is -2.11. The van der Waals surface area contributed by atoms with Crippen molar-refractivity contribution < 1.29 is 28.5 Å². The highest BCUT2D eigenvalue weighted by Crippen LogP contribution is 2.25. The number of primary amides is 2. The second kappa shape index (κ2) is 18.6. The van der Waals surface area contributed by atoms with Gasteiger partial charge in [-0.15, -0.1) is 0 Å². The second-order valence-corrected chi connectivity index (χ2v) is 8.19. The van der Waals surface area contributed by atoms with Gasteiger partial charge in [-0.2, -0.15) is 0 Å². The van der Waals surface area contributed by atoms with E-state index in [1.165, 1.54) is 6.92 Å². The molecular formula is C26H38N4O6S2. The van der Waals surface area contributed by atoms with Crippen LogP contribution in [0.25, 0.3) is 0 Å². The Kier molecular flexibility index (Phi) is 16.8. The molecule has 38 heavy (non-hydrogen) atoms. The number of carbonyl (C=O) groups is 2. The van der Waals surface area contributed by atoms with Crippen LogP contribution in [0.2, 0.25) is 0 Å². The predicted octanol–water partition coefficient (Wildman–Crippen LogP) is 2.57. The van der Waals surface area contributed by atoms with E-state index in [1.54, 1.807) is 28.4 Å². The van der Waals surface area contributed by atoms with Crippen molar-refractivity contribution in [1.29, 1.82) is 0 Å². The number of hydrogen-bond acceptors (Lipinski definition) is 8. The maximum atomic E-state index is 10.1. The number of nitrogens with one attached hydrogen (secondary N) is 2. The van der Waals surface area contributed by atoms with Gasteiger partial charge in [0.25, 0.3) is 0 Å². The van der Waals surface area contributed by atoms with Crippen LogP contribution in [0, 0.1) is 5.92 Å². The van der Waals surface area contributed by atoms with Crippen molar-refractivity contribution in [1.82, 2.24) is 10.6 Å². The summed E-state index contributed by atoms with van der Waals surface area (Å²) < 4.78 is 20.7. The highest BCUT2D eigenvalue weighted by Gasteiger charge is 2.13. The predicted molar refractivity (Wildman–Crippen MR) is 157 cm³/mol. The van der Waals surface area contributed by atoms with Crippen LogP contribution in [-0.4, -0.2) is 63.3 Å². The summed E-state index contributed by atoms with van der Waals surface area (Å²) in [5.74, 6) is 0.825. The average molecular weight is 567 g/mol. The van der Waals surface area contributed by atoms with Crippen LogP contribution in [0.5, 0.6) is 23.0 Å². The van der Waals surface area contributed by atoms with Gasteiger partial charge in [-0.3, -0.25) is 9.59 Å². The van der Waals surface area contributed by atoms with Gasteiger partial charge in [0.2, 0.25) is 11.8 Å². The van der Waals surface area contributed by atoms with Gasteiger partial charge in [-0.05, 0) is 57.2 Å². The van der Waals surface area contributed by atoms with E-state index in [0.717, 1.165) is 47.2 Å². The molecule has 0 saturated carbocycles. The number of ether oxygens (including phenoxy) is 4. The molecule has 0 spiro atoms. The van der Waals surface area contributed by atoms with Crippen molar-refractivity contribution in [2.24, 2.45) is 17.4 Å². The number of hydrogen-bond donors (Lipinski definition) is 4. The van der Waals surface area contributed by atoms with Gasteiger partial charge in [-0.1, -0.05) is 24.4 Å². The molecule has 0 heterocycles. The van der Waals surface area contributed by atoms with Gasteiger partial charge in [0, 0.05) is 13.1 Å². The average Bonchev–Trinajstić information content (AvgIpc) is 2.92. The second-order valence-electron chi connectivity index (χ2n) is 7.38. The fourth-order valence-corrected chi connectivity index (χ4v) is 3.24. The fraction of sp³-hybridized carbons (Fsp3) is 0.385. The molecule has 2 aromatic carbocycles. The molecule has 10 nitrogen and oxygen atoms in total. The summed E-state index contributed by atoms with van der Waals surface area (Å²) in [6.45, 7) is 6.95. The Labute approximate surface area is 235 Å². The number of thiocarbonyl (C=S) groups is 2. The Morgan fingerprint density at radius 1 is 0.737 bits per heavy atom. The van der Waals surface area contributed by atoms with Crippen LogP contribution in [0.3, 0.4) is 0 Å². The SMILES string of the molecule is CC(C(N)=O)C(N)=O.CCNC(=S)c1cc(OC)ccc1OC.CCNC(=S)c1cc(OC)ccc1OC. The first kappa shape index (κ1) is 34.4. The molecule has 210 valence electrons. The molecule has 0 aliphatic carbocycles. The number of rotatable bonds is 10. The first-order chi connectivity index (χ1) is 18.0. The molecule has 2 rings (SSSR count). The zero-order chi connectivity index (χ0) is 29.3. The van der Waals surface area contributed by atoms with E-state index in [9.17, 15) is 9.59 Å². The molecule has 0 radical (unpaired) electrons. The van der Waals surface area contributed by atoms with Crippen molar-refractivity contribution in [3.05, 3.63) is 47.5 Å². The number of amides is 2. The molecule has 0 aromatic heterocycles. The Bertz CT molecular complexity index is 998. The summed E-state index contributed by atoms with van der Waals surface area (Å²) >= 11 is 10.5. The highest BCUT2D eigenvalue weighted by molar-refractivity contribution is 7.81. The van der Waals surface area contributed by atoms with E-state index in [0.29, 0.717) is 9.98 Å². The molecule has 0 aliphatic rings. The van der Waals surface area contributed by atoms with Gasteiger partial charge >= 0.3 is 0 Å². The summed E-state index contributed by atoms with van der Waals surface area (Å²) in [5.41, 5.74) is 11.1. The lowest BCUT2D eigenvalue weighted by atomic mass is 10.2. The van der Waals surface area contributed by atoms with Gasteiger partial charge in [0.1, 0.15) is 38.9 Å². The normalized spacial score (nSPS) is 9.47. The zero-order valence-electron chi connectivity index (χ0n) is 22.9. The first-order valence-corrected chi connectivity index (χ1v) is 12.4. The smallest absolute Gasteiger partial charge is 0.229 e. The maximum Gasteiger partial charge on any atom is 0.229 e. The summed E-state index contributed by atoms with van der Waals surface area (Å²) in [6.07, 6.45) is 0. The minimum Gasteiger partial charge on any atom is -0.497 e. The highest BCUT2D eigenvalue weighted by atomic mass is 32.1. The third-order valence-electron chi connectivity index (χ3n) is 4.83. The Hall–Kier alpha value is -3.64. The molecule has 0 saturated heterocycles. The molecule has 2 amide bonds. The zero-order valence-corrected chi connectivity index (χ0v) is 24.5. The molecule has 0 bridgehead atoms. The molecule has 2 aromatic rings. The summed E-state index contributed by atoms with van der Waals surface area (Å²) in [4.78, 5) is 21.5. The van der Waals surface area contributed by atoms with Crippen LogP contribution in [0.4, 0.5) is 0 Å². The van der Waals surface area contributed by atoms with Crippen molar-refractivity contribution in [3.63, 3.8) is 0 Å². The number of nitrogens with two attached hydrogens (primary N) is 2. The number of methoxy groups -OCH3 is 4.